The topological polar surface area (TPSA) is 53.4 Å². The standard InChI is InChI=1S/C18H22N2O2S/c1-13-12-23-17(19-13)14-5-4-6-15(11-14)18(22)20-9-3-2-7-16(20)8-10-21/h4-6,11-12,16,21H,2-3,7-10H2,1H3. The van der Waals surface area contributed by atoms with Gasteiger partial charge in [0.1, 0.15) is 5.01 Å². The fourth-order valence-electron chi connectivity index (χ4n) is 3.15. The maximum atomic E-state index is 12.9. The molecule has 1 N–H and O–H groups in total. The van der Waals surface area contributed by atoms with Gasteiger partial charge in [0.05, 0.1) is 0 Å². The monoisotopic (exact) mass is 330 g/mol. The first kappa shape index (κ1) is 16.1. The lowest BCUT2D eigenvalue weighted by atomic mass is 9.98. The number of thiazole rings is 1. The van der Waals surface area contributed by atoms with Gasteiger partial charge in [-0.05, 0) is 44.7 Å². The fourth-order valence-corrected chi connectivity index (χ4v) is 3.95. The third kappa shape index (κ3) is 3.62. The number of rotatable bonds is 4. The first-order valence-corrected chi connectivity index (χ1v) is 9.01. The van der Waals surface area contributed by atoms with Crippen molar-refractivity contribution in [2.75, 3.05) is 13.2 Å². The highest BCUT2D eigenvalue weighted by Gasteiger charge is 2.27. The van der Waals surface area contributed by atoms with Gasteiger partial charge in [-0.25, -0.2) is 4.98 Å². The predicted molar refractivity (Wildman–Crippen MR) is 92.7 cm³/mol. The molecule has 0 bridgehead atoms. The molecule has 3 rings (SSSR count). The zero-order valence-electron chi connectivity index (χ0n) is 13.4. The smallest absolute Gasteiger partial charge is 0.254 e. The largest absolute Gasteiger partial charge is 0.396 e. The van der Waals surface area contributed by atoms with Gasteiger partial charge in [-0.2, -0.15) is 0 Å². The van der Waals surface area contributed by atoms with Gasteiger partial charge >= 0.3 is 0 Å². The molecule has 0 aliphatic carbocycles. The number of carbonyl (C=O) groups excluding carboxylic acids is 1. The van der Waals surface area contributed by atoms with Crippen LogP contribution in [0.25, 0.3) is 10.6 Å². The third-order valence-electron chi connectivity index (χ3n) is 4.33. The number of aliphatic hydroxyl groups is 1. The molecule has 122 valence electrons. The lowest BCUT2D eigenvalue weighted by molar-refractivity contribution is 0.0574. The van der Waals surface area contributed by atoms with E-state index in [0.29, 0.717) is 12.0 Å². The molecule has 0 spiro atoms. The van der Waals surface area contributed by atoms with Gasteiger partial charge in [0.2, 0.25) is 0 Å². The van der Waals surface area contributed by atoms with E-state index in [-0.39, 0.29) is 18.6 Å². The summed E-state index contributed by atoms with van der Waals surface area (Å²) in [6.45, 7) is 2.89. The molecule has 1 fully saturated rings. The number of hydrogen-bond donors (Lipinski definition) is 1. The van der Waals surface area contributed by atoms with Crippen molar-refractivity contribution in [2.24, 2.45) is 0 Å². The Hall–Kier alpha value is -1.72. The van der Waals surface area contributed by atoms with Crippen molar-refractivity contribution in [3.05, 3.63) is 40.9 Å². The Kier molecular flexibility index (Phi) is 5.08. The second kappa shape index (κ2) is 7.23. The van der Waals surface area contributed by atoms with Crippen molar-refractivity contribution < 1.29 is 9.90 Å². The van der Waals surface area contributed by atoms with Gasteiger partial charge in [-0.3, -0.25) is 4.79 Å². The van der Waals surface area contributed by atoms with E-state index < -0.39 is 0 Å². The van der Waals surface area contributed by atoms with Crippen molar-refractivity contribution in [3.63, 3.8) is 0 Å². The Balaban J connectivity index is 1.84. The lowest BCUT2D eigenvalue weighted by Crippen LogP contribution is -2.44. The molecule has 1 aliphatic heterocycles. The van der Waals surface area contributed by atoms with Gasteiger partial charge in [0.25, 0.3) is 5.91 Å². The zero-order valence-corrected chi connectivity index (χ0v) is 14.2. The molecular formula is C18H22N2O2S. The molecule has 1 aromatic carbocycles. The second-order valence-corrected chi connectivity index (χ2v) is 6.89. The SMILES string of the molecule is Cc1csc(-c2cccc(C(=O)N3CCCCC3CCO)c2)n1. The summed E-state index contributed by atoms with van der Waals surface area (Å²) in [7, 11) is 0. The van der Waals surface area contributed by atoms with Crippen LogP contribution in [0.3, 0.4) is 0 Å². The predicted octanol–water partition coefficient (Wildman–Crippen LogP) is 3.50. The Bertz CT molecular complexity index is 681. The Morgan fingerprint density at radius 1 is 1.43 bits per heavy atom. The van der Waals surface area contributed by atoms with Crippen molar-refractivity contribution in [3.8, 4) is 10.6 Å². The van der Waals surface area contributed by atoms with Crippen LogP contribution in [0.5, 0.6) is 0 Å². The number of aromatic nitrogens is 1. The minimum Gasteiger partial charge on any atom is -0.396 e. The summed E-state index contributed by atoms with van der Waals surface area (Å²) in [5.41, 5.74) is 2.70. The number of likely N-dealkylation sites (tertiary alicyclic amines) is 1. The molecule has 2 aromatic rings. The quantitative estimate of drug-likeness (QED) is 0.933. The number of hydrogen-bond acceptors (Lipinski definition) is 4. The van der Waals surface area contributed by atoms with E-state index in [1.165, 1.54) is 0 Å². The van der Waals surface area contributed by atoms with Gasteiger partial charge in [0.15, 0.2) is 0 Å². The molecule has 1 aromatic heterocycles. The molecule has 2 heterocycles. The summed E-state index contributed by atoms with van der Waals surface area (Å²) < 4.78 is 0. The van der Waals surface area contributed by atoms with Crippen molar-refractivity contribution in [2.45, 2.75) is 38.6 Å². The number of nitrogens with zero attached hydrogens (tertiary/aromatic N) is 2. The molecule has 4 nitrogen and oxygen atoms in total. The Morgan fingerprint density at radius 3 is 3.04 bits per heavy atom. The second-order valence-electron chi connectivity index (χ2n) is 6.04. The molecule has 0 radical (unpaired) electrons. The van der Waals surface area contributed by atoms with Gasteiger partial charge < -0.3 is 10.0 Å². The van der Waals surface area contributed by atoms with Crippen LogP contribution >= 0.6 is 11.3 Å². The number of aliphatic hydroxyl groups excluding tert-OH is 1. The van der Waals surface area contributed by atoms with Crippen molar-refractivity contribution in [1.29, 1.82) is 0 Å². The average Bonchev–Trinajstić information content (AvgIpc) is 3.02. The number of amides is 1. The van der Waals surface area contributed by atoms with Gasteiger partial charge in [-0.1, -0.05) is 12.1 Å². The number of aryl methyl sites for hydroxylation is 1. The van der Waals surface area contributed by atoms with E-state index in [9.17, 15) is 9.90 Å². The highest BCUT2D eigenvalue weighted by atomic mass is 32.1. The van der Waals surface area contributed by atoms with E-state index >= 15 is 0 Å². The molecule has 1 amide bonds. The van der Waals surface area contributed by atoms with Crippen molar-refractivity contribution >= 4 is 17.2 Å². The van der Waals surface area contributed by atoms with Crippen LogP contribution in [0.15, 0.2) is 29.6 Å². The molecule has 1 saturated heterocycles. The summed E-state index contributed by atoms with van der Waals surface area (Å²) in [4.78, 5) is 19.3. The van der Waals surface area contributed by atoms with Crippen LogP contribution in [0.1, 0.15) is 41.7 Å². The number of carbonyl (C=O) groups is 1. The summed E-state index contributed by atoms with van der Waals surface area (Å²) >= 11 is 1.60. The number of piperidine rings is 1. The van der Waals surface area contributed by atoms with E-state index in [1.807, 2.05) is 41.5 Å². The van der Waals surface area contributed by atoms with E-state index in [1.54, 1.807) is 11.3 Å². The number of benzene rings is 1. The maximum absolute atomic E-state index is 12.9. The zero-order chi connectivity index (χ0) is 16.2. The van der Waals surface area contributed by atoms with Crippen LogP contribution in [0.2, 0.25) is 0 Å². The maximum Gasteiger partial charge on any atom is 0.254 e. The van der Waals surface area contributed by atoms with E-state index in [4.69, 9.17) is 0 Å². The van der Waals surface area contributed by atoms with E-state index in [0.717, 1.165) is 42.1 Å². The third-order valence-corrected chi connectivity index (χ3v) is 5.34. The molecule has 1 atom stereocenters. The molecule has 1 aliphatic rings. The van der Waals surface area contributed by atoms with Crippen LogP contribution in [0, 0.1) is 6.92 Å². The summed E-state index contributed by atoms with van der Waals surface area (Å²) in [6, 6.07) is 7.88. The van der Waals surface area contributed by atoms with Crippen LogP contribution in [-0.4, -0.2) is 40.1 Å². The first-order valence-electron chi connectivity index (χ1n) is 8.13. The molecular weight excluding hydrogens is 308 g/mol. The van der Waals surface area contributed by atoms with Gasteiger partial charge in [-0.15, -0.1) is 11.3 Å². The highest BCUT2D eigenvalue weighted by Crippen LogP contribution is 2.26. The van der Waals surface area contributed by atoms with Gasteiger partial charge in [0, 0.05) is 41.4 Å². The van der Waals surface area contributed by atoms with Crippen LogP contribution in [0.4, 0.5) is 0 Å². The Morgan fingerprint density at radius 2 is 2.30 bits per heavy atom. The van der Waals surface area contributed by atoms with Crippen molar-refractivity contribution in [1.82, 2.24) is 9.88 Å². The normalized spacial score (nSPS) is 18.2. The summed E-state index contributed by atoms with van der Waals surface area (Å²) in [5, 5.41) is 12.2. The van der Waals surface area contributed by atoms with Crippen LogP contribution in [-0.2, 0) is 0 Å². The summed E-state index contributed by atoms with van der Waals surface area (Å²) in [6.07, 6.45) is 3.82. The van der Waals surface area contributed by atoms with Crippen LogP contribution < -0.4 is 0 Å². The summed E-state index contributed by atoms with van der Waals surface area (Å²) in [5.74, 6) is 0.0679. The first-order chi connectivity index (χ1) is 11.2. The van der Waals surface area contributed by atoms with E-state index in [2.05, 4.69) is 4.98 Å². The lowest BCUT2D eigenvalue weighted by Gasteiger charge is -2.35. The Labute approximate surface area is 140 Å². The molecule has 5 heteroatoms. The minimum atomic E-state index is 0.0679. The highest BCUT2D eigenvalue weighted by molar-refractivity contribution is 7.13. The molecule has 1 unspecified atom stereocenters. The average molecular weight is 330 g/mol. The molecule has 0 saturated carbocycles. The fraction of sp³-hybridized carbons (Fsp3) is 0.444. The molecule has 23 heavy (non-hydrogen) atoms. The minimum absolute atomic E-state index is 0.0679.